The average Bonchev–Trinajstić information content (AvgIpc) is 2.89. The Bertz CT molecular complexity index is 626. The molecule has 0 aliphatic heterocycles. The summed E-state index contributed by atoms with van der Waals surface area (Å²) in [6.07, 6.45) is 0. The van der Waals surface area contributed by atoms with Crippen LogP contribution in [0, 0.1) is 5.82 Å². The van der Waals surface area contributed by atoms with Gasteiger partial charge in [-0.25, -0.2) is 17.5 Å². The third kappa shape index (κ3) is 4.02. The predicted octanol–water partition coefficient (Wildman–Crippen LogP) is 2.24. The van der Waals surface area contributed by atoms with Gasteiger partial charge in [-0.15, -0.1) is 11.3 Å². The molecule has 19 heavy (non-hydrogen) atoms. The molecular formula is C12H12FNO3S2. The summed E-state index contributed by atoms with van der Waals surface area (Å²) in [7, 11) is -3.47. The maximum absolute atomic E-state index is 12.9. The van der Waals surface area contributed by atoms with E-state index in [0.717, 1.165) is 11.3 Å². The van der Waals surface area contributed by atoms with Crippen molar-refractivity contribution in [2.45, 2.75) is 4.21 Å². The number of nitrogens with one attached hydrogen (secondary N) is 1. The zero-order valence-corrected chi connectivity index (χ0v) is 11.5. The fourth-order valence-corrected chi connectivity index (χ4v) is 3.44. The van der Waals surface area contributed by atoms with E-state index >= 15 is 0 Å². The van der Waals surface area contributed by atoms with Crippen molar-refractivity contribution in [3.8, 4) is 5.75 Å². The maximum atomic E-state index is 12.9. The Morgan fingerprint density at radius 2 is 2.11 bits per heavy atom. The van der Waals surface area contributed by atoms with Crippen LogP contribution < -0.4 is 9.46 Å². The molecule has 1 aromatic heterocycles. The van der Waals surface area contributed by atoms with Gasteiger partial charge in [-0.05, 0) is 23.6 Å². The number of hydrogen-bond acceptors (Lipinski definition) is 4. The van der Waals surface area contributed by atoms with E-state index in [1.165, 1.54) is 24.3 Å². The quantitative estimate of drug-likeness (QED) is 0.833. The van der Waals surface area contributed by atoms with E-state index in [0.29, 0.717) is 5.75 Å². The van der Waals surface area contributed by atoms with E-state index < -0.39 is 15.8 Å². The van der Waals surface area contributed by atoms with Crippen LogP contribution in [-0.2, 0) is 10.0 Å². The lowest BCUT2D eigenvalue weighted by molar-refractivity contribution is 0.321. The molecule has 1 N–H and O–H groups in total. The molecule has 1 heterocycles. The van der Waals surface area contributed by atoms with Crippen LogP contribution in [0.5, 0.6) is 5.75 Å². The fourth-order valence-electron chi connectivity index (χ4n) is 1.39. The van der Waals surface area contributed by atoms with E-state index in [4.69, 9.17) is 4.74 Å². The van der Waals surface area contributed by atoms with Crippen LogP contribution in [0.4, 0.5) is 4.39 Å². The largest absolute Gasteiger partial charge is 0.492 e. The Kier molecular flexibility index (Phi) is 4.52. The Labute approximate surface area is 114 Å². The molecule has 102 valence electrons. The van der Waals surface area contributed by atoms with Crippen molar-refractivity contribution < 1.29 is 17.5 Å². The van der Waals surface area contributed by atoms with Crippen LogP contribution in [0.1, 0.15) is 0 Å². The minimum absolute atomic E-state index is 0.122. The first-order valence-corrected chi connectivity index (χ1v) is 7.86. The molecule has 0 saturated heterocycles. The number of benzene rings is 1. The minimum atomic E-state index is -3.47. The average molecular weight is 301 g/mol. The number of sulfonamides is 1. The third-order valence-electron chi connectivity index (χ3n) is 2.22. The SMILES string of the molecule is O=S(=O)(NCCOc1cccc(F)c1)c1cccs1. The highest BCUT2D eigenvalue weighted by Crippen LogP contribution is 2.15. The van der Waals surface area contributed by atoms with Crippen LogP contribution in [0.25, 0.3) is 0 Å². The topological polar surface area (TPSA) is 55.4 Å². The molecule has 1 aromatic carbocycles. The number of ether oxygens (including phenoxy) is 1. The lowest BCUT2D eigenvalue weighted by Gasteiger charge is -2.07. The molecule has 0 unspecified atom stereocenters. The van der Waals surface area contributed by atoms with Crippen molar-refractivity contribution in [2.75, 3.05) is 13.2 Å². The molecule has 0 atom stereocenters. The van der Waals surface area contributed by atoms with Gasteiger partial charge >= 0.3 is 0 Å². The number of thiophene rings is 1. The van der Waals surface area contributed by atoms with E-state index in [-0.39, 0.29) is 17.4 Å². The molecule has 4 nitrogen and oxygen atoms in total. The zero-order valence-electron chi connectivity index (χ0n) is 9.87. The van der Waals surface area contributed by atoms with Crippen LogP contribution >= 0.6 is 11.3 Å². The summed E-state index contributed by atoms with van der Waals surface area (Å²) >= 11 is 1.15. The van der Waals surface area contributed by atoms with Crippen LogP contribution in [0.3, 0.4) is 0 Å². The Balaban J connectivity index is 1.81. The lowest BCUT2D eigenvalue weighted by atomic mass is 10.3. The molecule has 0 amide bonds. The Hall–Kier alpha value is -1.44. The Morgan fingerprint density at radius 1 is 1.26 bits per heavy atom. The second kappa shape index (κ2) is 6.14. The number of halogens is 1. The van der Waals surface area contributed by atoms with Crippen molar-refractivity contribution in [2.24, 2.45) is 0 Å². The van der Waals surface area contributed by atoms with E-state index in [9.17, 15) is 12.8 Å². The highest BCUT2D eigenvalue weighted by atomic mass is 32.2. The van der Waals surface area contributed by atoms with Crippen molar-refractivity contribution in [3.63, 3.8) is 0 Å². The molecule has 0 saturated carbocycles. The molecule has 0 aliphatic rings. The van der Waals surface area contributed by atoms with Gasteiger partial charge in [0.25, 0.3) is 0 Å². The summed E-state index contributed by atoms with van der Waals surface area (Å²) in [4.78, 5) is 0. The lowest BCUT2D eigenvalue weighted by Crippen LogP contribution is -2.27. The summed E-state index contributed by atoms with van der Waals surface area (Å²) in [6, 6.07) is 8.89. The third-order valence-corrected chi connectivity index (χ3v) is 5.08. The molecular weight excluding hydrogens is 289 g/mol. The fraction of sp³-hybridized carbons (Fsp3) is 0.167. The first-order valence-electron chi connectivity index (χ1n) is 5.49. The molecule has 2 rings (SSSR count). The molecule has 0 radical (unpaired) electrons. The van der Waals surface area contributed by atoms with Gasteiger partial charge in [0, 0.05) is 12.6 Å². The van der Waals surface area contributed by atoms with E-state index in [1.54, 1.807) is 17.5 Å². The molecule has 0 aliphatic carbocycles. The van der Waals surface area contributed by atoms with Gasteiger partial charge in [0.1, 0.15) is 22.4 Å². The van der Waals surface area contributed by atoms with Gasteiger partial charge in [-0.1, -0.05) is 12.1 Å². The van der Waals surface area contributed by atoms with Crippen LogP contribution in [-0.4, -0.2) is 21.6 Å². The van der Waals surface area contributed by atoms with Gasteiger partial charge in [0.15, 0.2) is 0 Å². The van der Waals surface area contributed by atoms with Gasteiger partial charge in [0.2, 0.25) is 10.0 Å². The molecule has 0 fully saturated rings. The minimum Gasteiger partial charge on any atom is -0.492 e. The van der Waals surface area contributed by atoms with Crippen molar-refractivity contribution in [3.05, 3.63) is 47.6 Å². The van der Waals surface area contributed by atoms with Gasteiger partial charge in [-0.2, -0.15) is 0 Å². The Morgan fingerprint density at radius 3 is 2.79 bits per heavy atom. The predicted molar refractivity (Wildman–Crippen MR) is 71.4 cm³/mol. The van der Waals surface area contributed by atoms with Crippen molar-refractivity contribution in [1.82, 2.24) is 4.72 Å². The molecule has 2 aromatic rings. The van der Waals surface area contributed by atoms with Crippen molar-refractivity contribution >= 4 is 21.4 Å². The van der Waals surface area contributed by atoms with Gasteiger partial charge in [0.05, 0.1) is 0 Å². The number of hydrogen-bond donors (Lipinski definition) is 1. The van der Waals surface area contributed by atoms with Crippen molar-refractivity contribution in [1.29, 1.82) is 0 Å². The van der Waals surface area contributed by atoms with Crippen LogP contribution in [0.15, 0.2) is 46.0 Å². The standard InChI is InChI=1S/C12H12FNO3S2/c13-10-3-1-4-11(9-10)17-7-6-14-19(15,16)12-5-2-8-18-12/h1-5,8-9,14H,6-7H2. The van der Waals surface area contributed by atoms with Gasteiger partial charge in [-0.3, -0.25) is 0 Å². The second-order valence-corrected chi connectivity index (χ2v) is 6.58. The highest BCUT2D eigenvalue weighted by molar-refractivity contribution is 7.91. The molecule has 0 spiro atoms. The summed E-state index contributed by atoms with van der Waals surface area (Å²) in [5.74, 6) is -0.0213. The highest BCUT2D eigenvalue weighted by Gasteiger charge is 2.13. The molecule has 0 bridgehead atoms. The van der Waals surface area contributed by atoms with Crippen LogP contribution in [0.2, 0.25) is 0 Å². The smallest absolute Gasteiger partial charge is 0.250 e. The summed E-state index contributed by atoms with van der Waals surface area (Å²) in [5, 5.41) is 1.69. The molecule has 7 heteroatoms. The second-order valence-electron chi connectivity index (χ2n) is 3.64. The maximum Gasteiger partial charge on any atom is 0.250 e. The van der Waals surface area contributed by atoms with E-state index in [2.05, 4.69) is 4.72 Å². The normalized spacial score (nSPS) is 11.4. The number of rotatable bonds is 6. The zero-order chi connectivity index (χ0) is 13.7. The summed E-state index contributed by atoms with van der Waals surface area (Å²) < 4.78 is 44.3. The summed E-state index contributed by atoms with van der Waals surface area (Å²) in [5.41, 5.74) is 0. The van der Waals surface area contributed by atoms with E-state index in [1.807, 2.05) is 0 Å². The monoisotopic (exact) mass is 301 g/mol. The summed E-state index contributed by atoms with van der Waals surface area (Å²) in [6.45, 7) is 0.255. The first-order chi connectivity index (χ1) is 9.08. The van der Waals surface area contributed by atoms with Gasteiger partial charge < -0.3 is 4.74 Å². The first kappa shape index (κ1) is 14.0.